The maximum atomic E-state index is 11.5. The van der Waals surface area contributed by atoms with E-state index in [-0.39, 0.29) is 11.8 Å². The van der Waals surface area contributed by atoms with Crippen molar-refractivity contribution in [2.45, 2.75) is 19.8 Å². The van der Waals surface area contributed by atoms with Gasteiger partial charge in [0.2, 0.25) is 5.91 Å². The van der Waals surface area contributed by atoms with E-state index in [0.29, 0.717) is 18.5 Å². The zero-order valence-corrected chi connectivity index (χ0v) is 18.3. The van der Waals surface area contributed by atoms with Gasteiger partial charge in [-0.3, -0.25) is 9.59 Å². The molecule has 116 valence electrons. The van der Waals surface area contributed by atoms with Gasteiger partial charge in [-0.25, -0.2) is 0 Å². The van der Waals surface area contributed by atoms with Crippen molar-refractivity contribution in [1.29, 1.82) is 0 Å². The molecule has 1 rings (SSSR count). The number of hydrogen-bond acceptors (Lipinski definition) is 2. The molecule has 1 unspecified atom stereocenters. The van der Waals surface area contributed by atoms with Gasteiger partial charge >= 0.3 is 5.97 Å². The monoisotopic (exact) mass is 647 g/mol. The largest absolute Gasteiger partial charge is 0.481 e. The number of rotatable bonds is 6. The Hall–Kier alpha value is 0.640. The quantitative estimate of drug-likeness (QED) is 0.357. The van der Waals surface area contributed by atoms with Crippen LogP contribution in [-0.4, -0.2) is 22.9 Å². The van der Waals surface area contributed by atoms with Gasteiger partial charge in [-0.05, 0) is 92.2 Å². The average molecular weight is 647 g/mol. The SMILES string of the molecule is CCC(Cc1c(I)cc(I)c(NC(=O)CCl)c1I)C(=O)O. The van der Waals surface area contributed by atoms with E-state index in [4.69, 9.17) is 11.6 Å². The molecule has 0 radical (unpaired) electrons. The van der Waals surface area contributed by atoms with Crippen molar-refractivity contribution in [3.05, 3.63) is 22.3 Å². The zero-order valence-electron chi connectivity index (χ0n) is 11.1. The number of benzene rings is 1. The summed E-state index contributed by atoms with van der Waals surface area (Å²) < 4.78 is 2.79. The number of hydrogen-bond donors (Lipinski definition) is 2. The van der Waals surface area contributed by atoms with Crippen molar-refractivity contribution in [3.63, 3.8) is 0 Å². The molecule has 0 aliphatic rings. The molecule has 0 bridgehead atoms. The van der Waals surface area contributed by atoms with Crippen LogP contribution >= 0.6 is 79.4 Å². The third-order valence-electron chi connectivity index (χ3n) is 2.94. The van der Waals surface area contributed by atoms with Gasteiger partial charge in [0.15, 0.2) is 0 Å². The second kappa shape index (κ2) is 9.06. The maximum absolute atomic E-state index is 11.5. The molecule has 0 aliphatic heterocycles. The maximum Gasteiger partial charge on any atom is 0.306 e. The fourth-order valence-electron chi connectivity index (χ4n) is 1.76. The summed E-state index contributed by atoms with van der Waals surface area (Å²) in [4.78, 5) is 22.8. The van der Waals surface area contributed by atoms with E-state index in [1.807, 2.05) is 13.0 Å². The lowest BCUT2D eigenvalue weighted by molar-refractivity contribution is -0.141. The van der Waals surface area contributed by atoms with Crippen LogP contribution in [0.1, 0.15) is 18.9 Å². The van der Waals surface area contributed by atoms with Crippen molar-refractivity contribution in [2.24, 2.45) is 5.92 Å². The highest BCUT2D eigenvalue weighted by molar-refractivity contribution is 14.1. The fraction of sp³-hybridized carbons (Fsp3) is 0.385. The van der Waals surface area contributed by atoms with Crippen molar-refractivity contribution < 1.29 is 14.7 Å². The molecule has 1 aromatic rings. The molecule has 0 saturated carbocycles. The van der Waals surface area contributed by atoms with Crippen LogP contribution in [0.4, 0.5) is 5.69 Å². The summed E-state index contributed by atoms with van der Waals surface area (Å²) >= 11 is 12.0. The Bertz CT molecular complexity index is 566. The lowest BCUT2D eigenvalue weighted by atomic mass is 9.97. The van der Waals surface area contributed by atoms with E-state index in [1.54, 1.807) is 0 Å². The van der Waals surface area contributed by atoms with Gasteiger partial charge in [-0.15, -0.1) is 11.6 Å². The van der Waals surface area contributed by atoms with Crippen LogP contribution in [0.5, 0.6) is 0 Å². The number of carboxylic acids is 1. The number of carbonyl (C=O) groups is 2. The molecule has 0 heterocycles. The van der Waals surface area contributed by atoms with Crippen LogP contribution < -0.4 is 5.32 Å². The molecule has 1 amide bonds. The minimum absolute atomic E-state index is 0.111. The van der Waals surface area contributed by atoms with Crippen molar-refractivity contribution in [2.75, 3.05) is 11.2 Å². The molecule has 1 atom stereocenters. The van der Waals surface area contributed by atoms with E-state index in [9.17, 15) is 14.7 Å². The second-order valence-electron chi connectivity index (χ2n) is 4.34. The third kappa shape index (κ3) is 5.34. The Kier molecular flexibility index (Phi) is 8.50. The van der Waals surface area contributed by atoms with Crippen LogP contribution in [0.15, 0.2) is 6.07 Å². The number of aliphatic carboxylic acids is 1. The van der Waals surface area contributed by atoms with E-state index in [1.165, 1.54) is 0 Å². The summed E-state index contributed by atoms with van der Waals surface area (Å²) in [5, 5.41) is 12.0. The highest BCUT2D eigenvalue weighted by atomic mass is 127. The minimum atomic E-state index is -0.797. The van der Waals surface area contributed by atoms with Gasteiger partial charge < -0.3 is 10.4 Å². The van der Waals surface area contributed by atoms with Crippen LogP contribution in [0.25, 0.3) is 0 Å². The number of alkyl halides is 1. The Morgan fingerprint density at radius 1 is 1.33 bits per heavy atom. The molecule has 0 aliphatic carbocycles. The number of anilines is 1. The van der Waals surface area contributed by atoms with Crippen LogP contribution in [0.3, 0.4) is 0 Å². The van der Waals surface area contributed by atoms with Gasteiger partial charge in [0, 0.05) is 10.7 Å². The van der Waals surface area contributed by atoms with Gasteiger partial charge in [0.25, 0.3) is 0 Å². The Labute approximate surface area is 169 Å². The summed E-state index contributed by atoms with van der Waals surface area (Å²) in [6, 6.07) is 1.94. The molecule has 4 nitrogen and oxygen atoms in total. The van der Waals surface area contributed by atoms with E-state index < -0.39 is 11.9 Å². The van der Waals surface area contributed by atoms with Gasteiger partial charge in [-0.2, -0.15) is 0 Å². The highest BCUT2D eigenvalue weighted by Gasteiger charge is 2.22. The van der Waals surface area contributed by atoms with Crippen molar-refractivity contribution in [3.8, 4) is 0 Å². The van der Waals surface area contributed by atoms with E-state index >= 15 is 0 Å². The highest BCUT2D eigenvalue weighted by Crippen LogP contribution is 2.33. The van der Waals surface area contributed by atoms with Crippen LogP contribution in [0, 0.1) is 16.6 Å². The standard InChI is InChI=1S/C13H13ClI3NO3/c1-2-6(13(20)21)3-7-8(15)4-9(16)12(11(7)17)18-10(19)5-14/h4,6H,2-3,5H2,1H3,(H,18,19)(H,20,21). The molecule has 0 aromatic heterocycles. The minimum Gasteiger partial charge on any atom is -0.481 e. The molecular formula is C13H13ClI3NO3. The number of amides is 1. The molecule has 0 fully saturated rings. The summed E-state index contributed by atoms with van der Waals surface area (Å²) in [6.45, 7) is 1.86. The van der Waals surface area contributed by atoms with E-state index in [0.717, 1.165) is 16.3 Å². The van der Waals surface area contributed by atoms with Gasteiger partial charge in [0.1, 0.15) is 5.88 Å². The van der Waals surface area contributed by atoms with Gasteiger partial charge in [-0.1, -0.05) is 6.92 Å². The summed E-state index contributed by atoms with van der Waals surface area (Å²) in [5.74, 6) is -1.61. The predicted molar refractivity (Wildman–Crippen MR) is 109 cm³/mol. The first-order valence-corrected chi connectivity index (χ1v) is 9.83. The normalized spacial score (nSPS) is 12.0. The molecule has 2 N–H and O–H groups in total. The predicted octanol–water partition coefficient (Wildman–Crippen LogP) is 4.33. The van der Waals surface area contributed by atoms with Gasteiger partial charge in [0.05, 0.1) is 11.6 Å². The molecule has 1 aromatic carbocycles. The number of halogens is 4. The first kappa shape index (κ1) is 19.7. The smallest absolute Gasteiger partial charge is 0.306 e. The lowest BCUT2D eigenvalue weighted by Crippen LogP contribution is -2.19. The van der Waals surface area contributed by atoms with Crippen LogP contribution in [-0.2, 0) is 16.0 Å². The first-order valence-electron chi connectivity index (χ1n) is 6.06. The van der Waals surface area contributed by atoms with Crippen molar-refractivity contribution >= 4 is 96.9 Å². The topological polar surface area (TPSA) is 66.4 Å². The van der Waals surface area contributed by atoms with E-state index in [2.05, 4.69) is 73.1 Å². The Balaban J connectivity index is 3.23. The first-order chi connectivity index (χ1) is 9.81. The Morgan fingerprint density at radius 2 is 1.95 bits per heavy atom. The number of carboxylic acid groups (broad SMARTS) is 1. The number of nitrogens with one attached hydrogen (secondary N) is 1. The van der Waals surface area contributed by atoms with Crippen molar-refractivity contribution in [1.82, 2.24) is 0 Å². The molecule has 0 spiro atoms. The fourth-order valence-corrected chi connectivity index (χ4v) is 5.91. The summed E-state index contributed by atoms with van der Waals surface area (Å²) in [7, 11) is 0. The zero-order chi connectivity index (χ0) is 16.2. The number of carbonyl (C=O) groups excluding carboxylic acids is 1. The Morgan fingerprint density at radius 3 is 2.43 bits per heavy atom. The summed E-state index contributed by atoms with van der Waals surface area (Å²) in [6.07, 6.45) is 1.01. The third-order valence-corrected chi connectivity index (χ3v) is 6.19. The average Bonchev–Trinajstić information content (AvgIpc) is 2.42. The summed E-state index contributed by atoms with van der Waals surface area (Å²) in [5.41, 5.74) is 1.66. The molecular weight excluding hydrogens is 634 g/mol. The molecule has 8 heteroatoms. The molecule has 0 saturated heterocycles. The van der Waals surface area contributed by atoms with Crippen LogP contribution in [0.2, 0.25) is 0 Å². The second-order valence-corrected chi connectivity index (χ2v) is 8.01. The lowest BCUT2D eigenvalue weighted by Gasteiger charge is -2.17. The molecule has 21 heavy (non-hydrogen) atoms.